The van der Waals surface area contributed by atoms with Crippen molar-refractivity contribution < 1.29 is 14.9 Å². The van der Waals surface area contributed by atoms with Crippen LogP contribution in [0, 0.1) is 0 Å². The summed E-state index contributed by atoms with van der Waals surface area (Å²) in [6.45, 7) is 2.64. The Morgan fingerprint density at radius 2 is 2.09 bits per heavy atom. The summed E-state index contributed by atoms with van der Waals surface area (Å²) in [5.74, 6) is 1.21. The van der Waals surface area contributed by atoms with Gasteiger partial charge in [-0.15, -0.1) is 0 Å². The highest BCUT2D eigenvalue weighted by Crippen LogP contribution is 2.27. The van der Waals surface area contributed by atoms with E-state index < -0.39 is 0 Å². The van der Waals surface area contributed by atoms with Crippen molar-refractivity contribution in [3.63, 3.8) is 0 Å². The standard InChI is InChI=1S/C23H20ClN5O2S/c1-2-27-19-11-15(31-16-4-3-9-26-12-16)6-7-17(19)22(25)21(30)13-32-23-28-18-8-5-14(24)10-20(18)29-23/h3-12,25,27H,2,13H2,1H3,(H,28,29)/p+1. The maximum atomic E-state index is 12.8. The summed E-state index contributed by atoms with van der Waals surface area (Å²) in [5, 5.41) is 10.8. The molecule has 0 unspecified atom stereocenters. The highest BCUT2D eigenvalue weighted by molar-refractivity contribution is 7.99. The molecule has 0 aliphatic heterocycles. The third kappa shape index (κ3) is 5.09. The molecule has 2 aromatic carbocycles. The van der Waals surface area contributed by atoms with E-state index in [0.29, 0.717) is 33.8 Å². The number of H-pyrrole nitrogens is 1. The van der Waals surface area contributed by atoms with E-state index in [-0.39, 0.29) is 17.2 Å². The number of rotatable bonds is 9. The fraction of sp³-hybridized carbons (Fsp3) is 0.130. The first-order valence-corrected chi connectivity index (χ1v) is 11.3. The average molecular weight is 467 g/mol. The zero-order valence-electron chi connectivity index (χ0n) is 17.3. The first kappa shape index (κ1) is 21.9. The molecule has 0 aliphatic rings. The lowest BCUT2D eigenvalue weighted by atomic mass is 10.0. The van der Waals surface area contributed by atoms with Crippen LogP contribution in [0.2, 0.25) is 5.02 Å². The van der Waals surface area contributed by atoms with E-state index in [1.54, 1.807) is 42.7 Å². The van der Waals surface area contributed by atoms with Crippen LogP contribution in [0.1, 0.15) is 12.5 Å². The number of benzene rings is 2. The first-order valence-electron chi connectivity index (χ1n) is 9.93. The largest absolute Gasteiger partial charge is 0.456 e. The van der Waals surface area contributed by atoms with Crippen molar-refractivity contribution in [1.82, 2.24) is 15.0 Å². The number of hydrogen-bond donors (Lipinski definition) is 3. The van der Waals surface area contributed by atoms with Crippen LogP contribution in [0.3, 0.4) is 0 Å². The Kier molecular flexibility index (Phi) is 6.72. The number of aromatic amines is 1. The summed E-state index contributed by atoms with van der Waals surface area (Å²) in [6.07, 6.45) is 3.31. The van der Waals surface area contributed by atoms with Crippen LogP contribution in [-0.4, -0.2) is 38.7 Å². The highest BCUT2D eigenvalue weighted by Gasteiger charge is 2.22. The molecule has 2 heterocycles. The van der Waals surface area contributed by atoms with Gasteiger partial charge in [-0.05, 0) is 49.4 Å². The summed E-state index contributed by atoms with van der Waals surface area (Å²) in [6, 6.07) is 14.4. The third-order valence-electron chi connectivity index (χ3n) is 4.58. The van der Waals surface area contributed by atoms with Crippen molar-refractivity contribution in [3.05, 3.63) is 71.5 Å². The number of nitrogens with zero attached hydrogens (tertiary/aromatic N) is 2. The normalized spacial score (nSPS) is 10.8. The number of ketones is 1. The van der Waals surface area contributed by atoms with Crippen LogP contribution in [0.25, 0.3) is 11.0 Å². The monoisotopic (exact) mass is 466 g/mol. The minimum absolute atomic E-state index is 0.152. The number of pyridine rings is 1. The van der Waals surface area contributed by atoms with E-state index in [9.17, 15) is 4.79 Å². The Morgan fingerprint density at radius 1 is 1.22 bits per heavy atom. The molecule has 4 rings (SSSR count). The van der Waals surface area contributed by atoms with Crippen LogP contribution in [-0.2, 0) is 4.79 Å². The van der Waals surface area contributed by atoms with Gasteiger partial charge in [-0.3, -0.25) is 15.2 Å². The molecular formula is C23H21ClN5O2S+. The topological polar surface area (TPSA) is 105 Å². The van der Waals surface area contributed by atoms with Gasteiger partial charge in [-0.1, -0.05) is 23.4 Å². The van der Waals surface area contributed by atoms with Gasteiger partial charge < -0.3 is 15.0 Å². The van der Waals surface area contributed by atoms with Crippen LogP contribution in [0.5, 0.6) is 11.5 Å². The van der Waals surface area contributed by atoms with Crippen LogP contribution in [0.4, 0.5) is 5.69 Å². The SMILES string of the molecule is CCNc1cc(Oc2cccnc2)ccc1C(=[NH2+])C(=O)CSc1nc2ccc(Cl)cc2[nH]1. The second-order valence-electron chi connectivity index (χ2n) is 6.86. The first-order chi connectivity index (χ1) is 15.5. The molecule has 7 nitrogen and oxygen atoms in total. The van der Waals surface area contributed by atoms with Gasteiger partial charge in [0, 0.05) is 23.8 Å². The molecule has 0 atom stereocenters. The Balaban J connectivity index is 1.47. The number of aromatic nitrogens is 3. The molecular weight excluding hydrogens is 446 g/mol. The van der Waals surface area contributed by atoms with Crippen molar-refractivity contribution >= 4 is 51.6 Å². The fourth-order valence-corrected chi connectivity index (χ4v) is 4.03. The summed E-state index contributed by atoms with van der Waals surface area (Å²) in [5.41, 5.74) is 3.15. The van der Waals surface area contributed by atoms with Crippen molar-refractivity contribution in [2.45, 2.75) is 12.1 Å². The minimum atomic E-state index is -0.187. The van der Waals surface area contributed by atoms with Crippen LogP contribution < -0.4 is 15.5 Å². The number of carbonyl (C=O) groups excluding carboxylic acids is 1. The Bertz CT molecular complexity index is 1280. The molecule has 0 fully saturated rings. The Morgan fingerprint density at radius 3 is 2.88 bits per heavy atom. The van der Waals surface area contributed by atoms with E-state index >= 15 is 0 Å². The molecule has 0 aliphatic carbocycles. The van der Waals surface area contributed by atoms with Crippen molar-refractivity contribution in [1.29, 1.82) is 0 Å². The predicted molar refractivity (Wildman–Crippen MR) is 128 cm³/mol. The van der Waals surface area contributed by atoms with Gasteiger partial charge in [0.1, 0.15) is 11.5 Å². The molecule has 0 saturated heterocycles. The molecule has 4 aromatic rings. The summed E-state index contributed by atoms with van der Waals surface area (Å²) in [4.78, 5) is 24.5. The number of ether oxygens (including phenoxy) is 1. The van der Waals surface area contributed by atoms with E-state index in [4.69, 9.17) is 21.7 Å². The molecule has 9 heteroatoms. The molecule has 32 heavy (non-hydrogen) atoms. The van der Waals surface area contributed by atoms with Crippen molar-refractivity contribution in [2.24, 2.45) is 0 Å². The Hall–Kier alpha value is -3.36. The lowest BCUT2D eigenvalue weighted by Crippen LogP contribution is -2.46. The summed E-state index contributed by atoms with van der Waals surface area (Å²) in [7, 11) is 0. The molecule has 0 amide bonds. The number of hydrogen-bond acceptors (Lipinski definition) is 6. The van der Waals surface area contributed by atoms with Gasteiger partial charge in [0.05, 0.1) is 34.2 Å². The molecule has 2 aromatic heterocycles. The number of nitrogens with one attached hydrogen (secondary N) is 2. The third-order valence-corrected chi connectivity index (χ3v) is 5.69. The lowest BCUT2D eigenvalue weighted by Gasteiger charge is -2.12. The quantitative estimate of drug-likeness (QED) is 0.256. The maximum Gasteiger partial charge on any atom is 0.250 e. The molecule has 0 saturated carbocycles. The number of imidazole rings is 1. The fourth-order valence-electron chi connectivity index (χ4n) is 3.09. The average Bonchev–Trinajstić information content (AvgIpc) is 3.20. The van der Waals surface area contributed by atoms with Gasteiger partial charge in [-0.25, -0.2) is 4.98 Å². The minimum Gasteiger partial charge on any atom is -0.456 e. The van der Waals surface area contributed by atoms with E-state index in [1.807, 2.05) is 25.1 Å². The number of thioether (sulfide) groups is 1. The van der Waals surface area contributed by atoms with E-state index in [1.165, 1.54) is 11.8 Å². The number of nitrogens with two attached hydrogens (primary N) is 1. The zero-order chi connectivity index (χ0) is 22.5. The molecule has 0 bridgehead atoms. The van der Waals surface area contributed by atoms with Crippen LogP contribution >= 0.6 is 23.4 Å². The number of halogens is 1. The molecule has 4 N–H and O–H groups in total. The van der Waals surface area contributed by atoms with E-state index in [2.05, 4.69) is 20.3 Å². The number of fused-ring (bicyclic) bond motifs is 1. The van der Waals surface area contributed by atoms with Crippen LogP contribution in [0.15, 0.2) is 66.1 Å². The van der Waals surface area contributed by atoms with E-state index in [0.717, 1.165) is 16.7 Å². The maximum absolute atomic E-state index is 12.8. The smallest absolute Gasteiger partial charge is 0.250 e. The molecule has 0 spiro atoms. The van der Waals surface area contributed by atoms with Gasteiger partial charge in [0.25, 0.3) is 0 Å². The summed E-state index contributed by atoms with van der Waals surface area (Å²) >= 11 is 7.31. The van der Waals surface area contributed by atoms with Gasteiger partial charge in [0.2, 0.25) is 11.5 Å². The molecule has 162 valence electrons. The highest BCUT2D eigenvalue weighted by atomic mass is 35.5. The number of Topliss-reactive ketones (excluding diaryl/α,β-unsaturated/α-hetero) is 1. The van der Waals surface area contributed by atoms with Crippen molar-refractivity contribution in [3.8, 4) is 11.5 Å². The predicted octanol–water partition coefficient (Wildman–Crippen LogP) is 3.75. The Labute approximate surface area is 194 Å². The lowest BCUT2D eigenvalue weighted by molar-refractivity contribution is -0.132. The van der Waals surface area contributed by atoms with Gasteiger partial charge in [-0.2, -0.15) is 0 Å². The second-order valence-corrected chi connectivity index (χ2v) is 8.26. The van der Waals surface area contributed by atoms with Crippen molar-refractivity contribution in [2.75, 3.05) is 17.6 Å². The molecule has 0 radical (unpaired) electrons. The zero-order valence-corrected chi connectivity index (χ0v) is 18.8. The number of carbonyl (C=O) groups is 1. The van der Waals surface area contributed by atoms with Gasteiger partial charge >= 0.3 is 0 Å². The second kappa shape index (κ2) is 9.84. The number of anilines is 1. The van der Waals surface area contributed by atoms with Gasteiger partial charge in [0.15, 0.2) is 5.16 Å². The summed E-state index contributed by atoms with van der Waals surface area (Å²) < 4.78 is 5.84.